The molecule has 0 bridgehead atoms. The van der Waals surface area contributed by atoms with Gasteiger partial charge in [-0.3, -0.25) is 0 Å². The number of rotatable bonds is 5. The maximum Gasteiger partial charge on any atom is 0.509 e. The van der Waals surface area contributed by atoms with Crippen LogP contribution in [-0.4, -0.2) is 17.4 Å². The Kier molecular flexibility index (Phi) is 6.16. The number of ether oxygens (including phenoxy) is 2. The van der Waals surface area contributed by atoms with Crippen LogP contribution in [0.5, 0.6) is 0 Å². The summed E-state index contributed by atoms with van der Waals surface area (Å²) in [5.41, 5.74) is 0.0200. The monoisotopic (exact) mass is 254 g/mol. The lowest BCUT2D eigenvalue weighted by Gasteiger charge is -2.27. The fraction of sp³-hybridized carbons (Fsp3) is 0.667. The lowest BCUT2D eigenvalue weighted by atomic mass is 9.99. The molecule has 18 heavy (non-hydrogen) atoms. The van der Waals surface area contributed by atoms with Crippen LogP contribution in [0, 0.1) is 0 Å². The first-order valence-corrected chi connectivity index (χ1v) is 6.27. The summed E-state index contributed by atoms with van der Waals surface area (Å²) < 4.78 is 10.5. The van der Waals surface area contributed by atoms with E-state index in [1.165, 1.54) is 5.57 Å². The minimum Gasteiger partial charge on any atom is -0.429 e. The molecule has 104 valence electrons. The second-order valence-electron chi connectivity index (χ2n) is 5.90. The Morgan fingerprint density at radius 3 is 2.11 bits per heavy atom. The molecule has 0 spiro atoms. The molecule has 0 rings (SSSR count). The predicted molar refractivity (Wildman–Crippen MR) is 74.6 cm³/mol. The summed E-state index contributed by atoms with van der Waals surface area (Å²) >= 11 is 0. The van der Waals surface area contributed by atoms with Gasteiger partial charge in [0, 0.05) is 0 Å². The van der Waals surface area contributed by atoms with Gasteiger partial charge in [-0.15, -0.1) is 0 Å². The Bertz CT molecular complexity index is 319. The number of carbonyl (C=O) groups excluding carboxylic acids is 1. The standard InChI is InChI=1S/C15H26O3/c1-8-15(7,11-9-10-12(2)3)18-13(16)17-14(4,5)6/h8,10H,1,9,11H2,2-7H3. The summed E-state index contributed by atoms with van der Waals surface area (Å²) in [6.07, 6.45) is 4.65. The molecule has 0 aromatic rings. The third-order valence-electron chi connectivity index (χ3n) is 2.33. The van der Waals surface area contributed by atoms with Gasteiger partial charge in [-0.2, -0.15) is 0 Å². The molecule has 0 saturated carbocycles. The Balaban J connectivity index is 4.43. The minimum absolute atomic E-state index is 0.543. The van der Waals surface area contributed by atoms with Gasteiger partial charge in [-0.25, -0.2) is 4.79 Å². The van der Waals surface area contributed by atoms with Crippen LogP contribution in [0.15, 0.2) is 24.3 Å². The number of carbonyl (C=O) groups is 1. The van der Waals surface area contributed by atoms with E-state index < -0.39 is 17.4 Å². The van der Waals surface area contributed by atoms with E-state index >= 15 is 0 Å². The highest BCUT2D eigenvalue weighted by Gasteiger charge is 2.27. The van der Waals surface area contributed by atoms with E-state index in [0.717, 1.165) is 6.42 Å². The van der Waals surface area contributed by atoms with Crippen molar-refractivity contribution in [1.29, 1.82) is 0 Å². The van der Waals surface area contributed by atoms with Gasteiger partial charge in [0.1, 0.15) is 11.2 Å². The van der Waals surface area contributed by atoms with Crippen molar-refractivity contribution in [2.75, 3.05) is 0 Å². The maximum absolute atomic E-state index is 11.6. The smallest absolute Gasteiger partial charge is 0.429 e. The van der Waals surface area contributed by atoms with Gasteiger partial charge in [0.05, 0.1) is 0 Å². The van der Waals surface area contributed by atoms with E-state index in [0.29, 0.717) is 6.42 Å². The van der Waals surface area contributed by atoms with Crippen molar-refractivity contribution in [3.8, 4) is 0 Å². The predicted octanol–water partition coefficient (Wildman–Crippen LogP) is 4.63. The topological polar surface area (TPSA) is 35.5 Å². The van der Waals surface area contributed by atoms with Crippen LogP contribution in [0.4, 0.5) is 4.79 Å². The van der Waals surface area contributed by atoms with Gasteiger partial charge >= 0.3 is 6.16 Å². The van der Waals surface area contributed by atoms with Crippen LogP contribution in [0.1, 0.15) is 54.4 Å². The highest BCUT2D eigenvalue weighted by Crippen LogP contribution is 2.22. The zero-order valence-electron chi connectivity index (χ0n) is 12.5. The average Bonchev–Trinajstić information content (AvgIpc) is 2.13. The van der Waals surface area contributed by atoms with E-state index in [1.54, 1.807) is 6.08 Å². The van der Waals surface area contributed by atoms with E-state index in [2.05, 4.69) is 12.7 Å². The molecular weight excluding hydrogens is 228 g/mol. The summed E-state index contributed by atoms with van der Waals surface area (Å²) in [6.45, 7) is 15.1. The first kappa shape index (κ1) is 16.8. The molecule has 0 amide bonds. The molecule has 0 aliphatic heterocycles. The summed E-state index contributed by atoms with van der Waals surface area (Å²) in [4.78, 5) is 11.6. The molecule has 0 saturated heterocycles. The Morgan fingerprint density at radius 1 is 1.17 bits per heavy atom. The third-order valence-corrected chi connectivity index (χ3v) is 2.33. The number of hydrogen-bond acceptors (Lipinski definition) is 3. The molecular formula is C15H26O3. The molecule has 0 fully saturated rings. The van der Waals surface area contributed by atoms with Crippen LogP contribution >= 0.6 is 0 Å². The van der Waals surface area contributed by atoms with Crippen molar-refractivity contribution >= 4 is 6.16 Å². The Labute approximate surface area is 111 Å². The van der Waals surface area contributed by atoms with Crippen molar-refractivity contribution in [3.05, 3.63) is 24.3 Å². The summed E-state index contributed by atoms with van der Waals surface area (Å²) in [5, 5.41) is 0. The number of hydrogen-bond donors (Lipinski definition) is 0. The Morgan fingerprint density at radius 2 is 1.72 bits per heavy atom. The fourth-order valence-corrected chi connectivity index (χ4v) is 1.30. The summed E-state index contributed by atoms with van der Waals surface area (Å²) in [6, 6.07) is 0. The fourth-order valence-electron chi connectivity index (χ4n) is 1.30. The first-order valence-electron chi connectivity index (χ1n) is 6.27. The molecule has 0 aromatic carbocycles. The lowest BCUT2D eigenvalue weighted by molar-refractivity contribution is -0.0453. The third kappa shape index (κ3) is 7.93. The molecule has 0 aliphatic carbocycles. The van der Waals surface area contributed by atoms with Crippen LogP contribution in [0.3, 0.4) is 0 Å². The quantitative estimate of drug-likeness (QED) is 0.530. The van der Waals surface area contributed by atoms with Crippen LogP contribution < -0.4 is 0 Å². The molecule has 0 heterocycles. The second-order valence-corrected chi connectivity index (χ2v) is 5.90. The van der Waals surface area contributed by atoms with Crippen molar-refractivity contribution < 1.29 is 14.3 Å². The molecule has 0 aromatic heterocycles. The normalized spacial score (nSPS) is 14.3. The second kappa shape index (κ2) is 6.62. The Hall–Kier alpha value is -1.25. The van der Waals surface area contributed by atoms with Crippen LogP contribution in [0.2, 0.25) is 0 Å². The SMILES string of the molecule is C=CC(C)(CCC=C(C)C)OC(=O)OC(C)(C)C. The molecule has 3 heteroatoms. The molecule has 3 nitrogen and oxygen atoms in total. The summed E-state index contributed by atoms with van der Waals surface area (Å²) in [7, 11) is 0. The van der Waals surface area contributed by atoms with Gasteiger partial charge in [0.2, 0.25) is 0 Å². The van der Waals surface area contributed by atoms with Crippen molar-refractivity contribution in [3.63, 3.8) is 0 Å². The average molecular weight is 254 g/mol. The van der Waals surface area contributed by atoms with Crippen molar-refractivity contribution in [2.45, 2.75) is 65.6 Å². The van der Waals surface area contributed by atoms with Crippen LogP contribution in [0.25, 0.3) is 0 Å². The molecule has 0 N–H and O–H groups in total. The molecule has 1 unspecified atom stereocenters. The largest absolute Gasteiger partial charge is 0.509 e. The van der Waals surface area contributed by atoms with Crippen molar-refractivity contribution in [2.24, 2.45) is 0 Å². The zero-order chi connectivity index (χ0) is 14.4. The zero-order valence-corrected chi connectivity index (χ0v) is 12.5. The highest BCUT2D eigenvalue weighted by atomic mass is 16.7. The highest BCUT2D eigenvalue weighted by molar-refractivity contribution is 5.61. The minimum atomic E-state index is -0.686. The molecule has 1 atom stereocenters. The lowest BCUT2D eigenvalue weighted by Crippen LogP contribution is -2.33. The first-order chi connectivity index (χ1) is 8.08. The van der Waals surface area contributed by atoms with Gasteiger partial charge < -0.3 is 9.47 Å². The summed E-state index contributed by atoms with van der Waals surface area (Å²) in [5.74, 6) is 0. The van der Waals surface area contributed by atoms with E-state index in [-0.39, 0.29) is 0 Å². The van der Waals surface area contributed by atoms with E-state index in [1.807, 2.05) is 41.5 Å². The molecule has 0 aliphatic rings. The van der Waals surface area contributed by atoms with E-state index in [9.17, 15) is 4.79 Å². The number of allylic oxidation sites excluding steroid dienone is 2. The van der Waals surface area contributed by atoms with Gasteiger partial charge in [0.15, 0.2) is 0 Å². The van der Waals surface area contributed by atoms with Crippen molar-refractivity contribution in [1.82, 2.24) is 0 Å². The van der Waals surface area contributed by atoms with Gasteiger partial charge in [-0.1, -0.05) is 18.2 Å². The van der Waals surface area contributed by atoms with Gasteiger partial charge in [0.25, 0.3) is 0 Å². The maximum atomic E-state index is 11.6. The molecule has 0 radical (unpaired) electrons. The van der Waals surface area contributed by atoms with Gasteiger partial charge in [-0.05, 0) is 60.5 Å². The van der Waals surface area contributed by atoms with E-state index in [4.69, 9.17) is 9.47 Å². The van der Waals surface area contributed by atoms with Crippen LogP contribution in [-0.2, 0) is 9.47 Å².